The molecule has 9 N–H and O–H groups in total. The maximum Gasteiger partial charge on any atom is 0.220 e. The number of hydrogen-bond acceptors (Lipinski definition) is 13. The fraction of sp³-hybridized carbons (Fsp3) is 0.659. The summed E-state index contributed by atoms with van der Waals surface area (Å²) in [5, 5.41) is 86.1. The lowest BCUT2D eigenvalue weighted by Crippen LogP contribution is -2.65. The van der Waals surface area contributed by atoms with Gasteiger partial charge < -0.3 is 65.1 Å². The fourth-order valence-corrected chi connectivity index (χ4v) is 6.10. The van der Waals surface area contributed by atoms with Crippen LogP contribution in [0.4, 0.5) is 0 Å². The van der Waals surface area contributed by atoms with Crippen LogP contribution >= 0.6 is 0 Å². The van der Waals surface area contributed by atoms with Crippen molar-refractivity contribution in [3.05, 3.63) is 85.1 Å². The number of aliphatic hydroxyl groups is 8. The number of aliphatic hydroxyl groups excluding tert-OH is 8. The molecular weight excluding hydrogens is 750 g/mol. The van der Waals surface area contributed by atoms with Gasteiger partial charge in [-0.05, 0) is 64.2 Å². The standard InChI is InChI=1S/C44H71NO13/c1-3-5-7-9-11-13-15-16-18-20-22-24-26-28-36(49)45-32(33(48)27-25-23-21-19-17-14-12-10-8-6-4-2)31-55-43-41(54)39(52)42(35(30-47)57-43)58-44-40(53)38(51)37(50)34(29-46)56-44/h5,7-8,10-11,13,16-19,22,24-25,27,32-35,37-44,46-48,50-54H,3-4,6,9,12,14-15,20-21,23,26,28-31H2,1-2H3,(H,45,49)/b7-5-,10-8+,13-11-,18-16-,19-17+,24-22-,27-25+. The molecule has 14 heteroatoms. The largest absolute Gasteiger partial charge is 0.394 e. The van der Waals surface area contributed by atoms with Gasteiger partial charge in [-0.2, -0.15) is 0 Å². The Labute approximate surface area is 344 Å². The van der Waals surface area contributed by atoms with E-state index >= 15 is 0 Å². The van der Waals surface area contributed by atoms with Crippen molar-refractivity contribution >= 4 is 5.91 Å². The van der Waals surface area contributed by atoms with Crippen molar-refractivity contribution < 1.29 is 64.6 Å². The summed E-state index contributed by atoms with van der Waals surface area (Å²) in [6.45, 7) is 2.45. The molecule has 58 heavy (non-hydrogen) atoms. The molecule has 0 bridgehead atoms. The molecule has 0 aromatic carbocycles. The zero-order valence-corrected chi connectivity index (χ0v) is 34.2. The van der Waals surface area contributed by atoms with Gasteiger partial charge in [0.15, 0.2) is 12.6 Å². The van der Waals surface area contributed by atoms with Crippen LogP contribution in [0.2, 0.25) is 0 Å². The second-order valence-corrected chi connectivity index (χ2v) is 14.4. The van der Waals surface area contributed by atoms with Crippen molar-refractivity contribution in [3.8, 4) is 0 Å². The number of carbonyl (C=O) groups excluding carboxylic acids is 1. The number of hydrogen-bond donors (Lipinski definition) is 9. The van der Waals surface area contributed by atoms with Crippen molar-refractivity contribution in [1.29, 1.82) is 0 Å². The van der Waals surface area contributed by atoms with Crippen LogP contribution in [-0.2, 0) is 23.7 Å². The molecule has 14 nitrogen and oxygen atoms in total. The first kappa shape index (κ1) is 51.3. The first-order valence-corrected chi connectivity index (χ1v) is 20.8. The van der Waals surface area contributed by atoms with E-state index in [9.17, 15) is 45.6 Å². The zero-order valence-electron chi connectivity index (χ0n) is 34.2. The third kappa shape index (κ3) is 19.5. The highest BCUT2D eigenvalue weighted by atomic mass is 16.7. The summed E-state index contributed by atoms with van der Waals surface area (Å²) in [6, 6.07) is -0.977. The predicted octanol–water partition coefficient (Wildman–Crippen LogP) is 3.09. The van der Waals surface area contributed by atoms with Gasteiger partial charge in [0.1, 0.15) is 48.8 Å². The number of rotatable bonds is 28. The van der Waals surface area contributed by atoms with E-state index in [1.165, 1.54) is 0 Å². The van der Waals surface area contributed by atoms with Crippen molar-refractivity contribution in [3.63, 3.8) is 0 Å². The molecule has 0 aromatic heterocycles. The minimum absolute atomic E-state index is 0.143. The number of allylic oxidation sites excluding steroid dienone is 13. The van der Waals surface area contributed by atoms with E-state index in [1.807, 2.05) is 18.2 Å². The van der Waals surface area contributed by atoms with Crippen LogP contribution in [-0.4, -0.2) is 140 Å². The molecule has 2 aliphatic heterocycles. The molecule has 0 aromatic rings. The molecule has 2 saturated heterocycles. The van der Waals surface area contributed by atoms with Crippen molar-refractivity contribution in [1.82, 2.24) is 5.32 Å². The summed E-state index contributed by atoms with van der Waals surface area (Å²) in [5.74, 6) is -0.342. The van der Waals surface area contributed by atoms with Crippen LogP contribution in [0.3, 0.4) is 0 Å². The second kappa shape index (κ2) is 31.1. The molecular formula is C44H71NO13. The monoisotopic (exact) mass is 821 g/mol. The molecule has 2 fully saturated rings. The van der Waals surface area contributed by atoms with E-state index in [4.69, 9.17) is 18.9 Å². The average Bonchev–Trinajstić information content (AvgIpc) is 3.22. The molecule has 0 aliphatic carbocycles. The summed E-state index contributed by atoms with van der Waals surface area (Å²) in [5.41, 5.74) is 0. The first-order valence-electron chi connectivity index (χ1n) is 20.8. The average molecular weight is 822 g/mol. The Balaban J connectivity index is 2.00. The minimum Gasteiger partial charge on any atom is -0.394 e. The molecule has 0 saturated carbocycles. The van der Waals surface area contributed by atoms with Crippen LogP contribution < -0.4 is 5.32 Å². The van der Waals surface area contributed by atoms with Gasteiger partial charge in [0.05, 0.1) is 32.0 Å². The van der Waals surface area contributed by atoms with Gasteiger partial charge in [-0.3, -0.25) is 4.79 Å². The fourth-order valence-electron chi connectivity index (χ4n) is 6.10. The van der Waals surface area contributed by atoms with Gasteiger partial charge in [0, 0.05) is 6.42 Å². The van der Waals surface area contributed by atoms with Gasteiger partial charge in [-0.15, -0.1) is 0 Å². The maximum absolute atomic E-state index is 13.0. The van der Waals surface area contributed by atoms with E-state index in [0.29, 0.717) is 12.8 Å². The van der Waals surface area contributed by atoms with Crippen molar-refractivity contribution in [2.75, 3.05) is 19.8 Å². The van der Waals surface area contributed by atoms with Gasteiger partial charge in [-0.1, -0.05) is 105 Å². The summed E-state index contributed by atoms with van der Waals surface area (Å²) in [4.78, 5) is 13.0. The lowest BCUT2D eigenvalue weighted by molar-refractivity contribution is -0.359. The maximum atomic E-state index is 13.0. The molecule has 0 spiro atoms. The molecule has 12 unspecified atom stereocenters. The zero-order chi connectivity index (χ0) is 42.5. The molecule has 2 rings (SSSR count). The van der Waals surface area contributed by atoms with Crippen LogP contribution in [0.15, 0.2) is 85.1 Å². The SMILES string of the molecule is CC/C=C\C/C=C\C/C=C\C/C=C\CCC(=O)NC(COC1OC(CO)C(OC2OC(CO)C(O)C(O)C2O)C(O)C1O)C(O)/C=C/CC/C=C/CC/C=C/CCC. The van der Waals surface area contributed by atoms with Gasteiger partial charge >= 0.3 is 0 Å². The Morgan fingerprint density at radius 1 is 0.621 bits per heavy atom. The summed E-state index contributed by atoms with van der Waals surface area (Å²) >= 11 is 0. The number of ether oxygens (including phenoxy) is 4. The van der Waals surface area contributed by atoms with E-state index in [1.54, 1.807) is 6.08 Å². The molecule has 330 valence electrons. The van der Waals surface area contributed by atoms with Gasteiger partial charge in [-0.25, -0.2) is 0 Å². The highest BCUT2D eigenvalue weighted by Gasteiger charge is 2.50. The summed E-state index contributed by atoms with van der Waals surface area (Å²) in [7, 11) is 0. The van der Waals surface area contributed by atoms with Crippen molar-refractivity contribution in [2.45, 2.75) is 164 Å². The van der Waals surface area contributed by atoms with E-state index in [-0.39, 0.29) is 18.9 Å². The quantitative estimate of drug-likeness (QED) is 0.0409. The van der Waals surface area contributed by atoms with E-state index in [2.05, 4.69) is 79.9 Å². The smallest absolute Gasteiger partial charge is 0.220 e. The number of nitrogens with one attached hydrogen (secondary N) is 1. The Morgan fingerprint density at radius 2 is 1.14 bits per heavy atom. The molecule has 0 radical (unpaired) electrons. The molecule has 2 heterocycles. The highest BCUT2D eigenvalue weighted by Crippen LogP contribution is 2.29. The summed E-state index contributed by atoms with van der Waals surface area (Å²) < 4.78 is 22.5. The number of unbranched alkanes of at least 4 members (excludes halogenated alkanes) is 3. The Kier molecular flexibility index (Phi) is 27.5. The third-order valence-corrected chi connectivity index (χ3v) is 9.54. The third-order valence-electron chi connectivity index (χ3n) is 9.54. The molecule has 12 atom stereocenters. The van der Waals surface area contributed by atoms with E-state index < -0.39 is 86.8 Å². The Morgan fingerprint density at radius 3 is 1.72 bits per heavy atom. The van der Waals surface area contributed by atoms with E-state index in [0.717, 1.165) is 57.8 Å². The summed E-state index contributed by atoms with van der Waals surface area (Å²) in [6.07, 6.45) is 21.0. The molecule has 2 aliphatic rings. The predicted molar refractivity (Wildman–Crippen MR) is 221 cm³/mol. The van der Waals surface area contributed by atoms with Crippen LogP contribution in [0.1, 0.15) is 90.9 Å². The minimum atomic E-state index is -1.80. The van der Waals surface area contributed by atoms with Gasteiger partial charge in [0.25, 0.3) is 0 Å². The van der Waals surface area contributed by atoms with Crippen molar-refractivity contribution in [2.24, 2.45) is 0 Å². The normalized spacial score (nSPS) is 29.7. The molecule has 1 amide bonds. The second-order valence-electron chi connectivity index (χ2n) is 14.4. The highest BCUT2D eigenvalue weighted by molar-refractivity contribution is 5.76. The lowest BCUT2D eigenvalue weighted by Gasteiger charge is -2.46. The van der Waals surface area contributed by atoms with Crippen LogP contribution in [0.25, 0.3) is 0 Å². The Hall–Kier alpha value is -2.83. The first-order chi connectivity index (χ1) is 28.1. The topological polar surface area (TPSA) is 228 Å². The lowest BCUT2D eigenvalue weighted by atomic mass is 9.97. The van der Waals surface area contributed by atoms with Gasteiger partial charge in [0.2, 0.25) is 5.91 Å². The Bertz CT molecular complexity index is 1300. The van der Waals surface area contributed by atoms with Crippen LogP contribution in [0, 0.1) is 0 Å². The van der Waals surface area contributed by atoms with Crippen LogP contribution in [0.5, 0.6) is 0 Å². The number of amides is 1. The number of carbonyl (C=O) groups is 1.